The second kappa shape index (κ2) is 20.5. The molecule has 4 aliphatic carbocycles. The van der Waals surface area contributed by atoms with E-state index in [0.717, 1.165) is 82.3 Å². The van der Waals surface area contributed by atoms with E-state index in [2.05, 4.69) is 11.8 Å². The van der Waals surface area contributed by atoms with Crippen molar-refractivity contribution in [2.24, 2.45) is 29.1 Å². The van der Waals surface area contributed by atoms with Gasteiger partial charge in [-0.15, -0.1) is 0 Å². The SMILES string of the molecule is CCCCCCCCCCCCCC(=O)OCC(COC(=O)CC12CC3C[C@H](C1)C[C@@H](C3)C2)COC(=O)OCCCN1CCCC1. The van der Waals surface area contributed by atoms with Crippen LogP contribution in [-0.2, 0) is 28.5 Å². The third-order valence-electron chi connectivity index (χ3n) is 11.1. The van der Waals surface area contributed by atoms with E-state index >= 15 is 0 Å². The molecule has 1 atom stereocenters. The first-order valence-electron chi connectivity index (χ1n) is 19.3. The van der Waals surface area contributed by atoms with E-state index in [0.29, 0.717) is 19.4 Å². The third-order valence-corrected chi connectivity index (χ3v) is 11.1. The Kier molecular flexibility index (Phi) is 16.5. The lowest BCUT2D eigenvalue weighted by Gasteiger charge is -2.56. The molecule has 8 nitrogen and oxygen atoms in total. The normalized spacial score (nSPS) is 25.8. The zero-order chi connectivity index (χ0) is 32.5. The Labute approximate surface area is 279 Å². The second-order valence-corrected chi connectivity index (χ2v) is 15.4. The van der Waals surface area contributed by atoms with Gasteiger partial charge in [-0.25, -0.2) is 4.79 Å². The number of carbonyl (C=O) groups excluding carboxylic acids is 3. The first-order valence-corrected chi connectivity index (χ1v) is 19.3. The van der Waals surface area contributed by atoms with Crippen molar-refractivity contribution in [3.8, 4) is 0 Å². The Morgan fingerprint density at radius 2 is 1.17 bits per heavy atom. The molecular formula is C38H65NO7. The Bertz CT molecular complexity index is 866. The average Bonchev–Trinajstić information content (AvgIpc) is 3.54. The van der Waals surface area contributed by atoms with Crippen molar-refractivity contribution < 1.29 is 33.3 Å². The van der Waals surface area contributed by atoms with Gasteiger partial charge in [0.05, 0.1) is 18.9 Å². The Morgan fingerprint density at radius 3 is 1.76 bits per heavy atom. The number of unbranched alkanes of at least 4 members (excludes halogenated alkanes) is 10. The zero-order valence-corrected chi connectivity index (χ0v) is 29.1. The molecule has 1 unspecified atom stereocenters. The van der Waals surface area contributed by atoms with Gasteiger partial charge in [0, 0.05) is 13.0 Å². The number of ether oxygens (including phenoxy) is 4. The van der Waals surface area contributed by atoms with Gasteiger partial charge in [-0.2, -0.15) is 0 Å². The highest BCUT2D eigenvalue weighted by atomic mass is 16.7. The van der Waals surface area contributed by atoms with E-state index in [9.17, 15) is 14.4 Å². The molecule has 8 heteroatoms. The molecule has 0 N–H and O–H groups in total. The highest BCUT2D eigenvalue weighted by Gasteiger charge is 2.51. The van der Waals surface area contributed by atoms with Crippen LogP contribution >= 0.6 is 0 Å². The van der Waals surface area contributed by atoms with E-state index in [1.807, 2.05) is 0 Å². The largest absolute Gasteiger partial charge is 0.508 e. The number of carbonyl (C=O) groups is 3. The summed E-state index contributed by atoms with van der Waals surface area (Å²) in [5.74, 6) is 1.50. The van der Waals surface area contributed by atoms with E-state index in [4.69, 9.17) is 18.9 Å². The fourth-order valence-electron chi connectivity index (χ4n) is 9.11. The van der Waals surface area contributed by atoms with Crippen molar-refractivity contribution in [2.45, 2.75) is 148 Å². The quantitative estimate of drug-likeness (QED) is 0.0584. The molecule has 5 aliphatic rings. The highest BCUT2D eigenvalue weighted by Crippen LogP contribution is 2.61. The van der Waals surface area contributed by atoms with Crippen LogP contribution in [-0.4, -0.2) is 69.1 Å². The minimum Gasteiger partial charge on any atom is -0.465 e. The van der Waals surface area contributed by atoms with Gasteiger partial charge in [0.15, 0.2) is 0 Å². The van der Waals surface area contributed by atoms with Crippen LogP contribution in [0, 0.1) is 29.1 Å². The van der Waals surface area contributed by atoms with Gasteiger partial charge in [-0.05, 0) is 100 Å². The number of rotatable bonds is 24. The van der Waals surface area contributed by atoms with Crippen molar-refractivity contribution in [1.29, 1.82) is 0 Å². The van der Waals surface area contributed by atoms with Crippen molar-refractivity contribution in [2.75, 3.05) is 46.1 Å². The molecule has 1 heterocycles. The standard InChI is InChI=1S/C38H65NO7/c1-2-3-4-5-6-7-8-9-10-11-12-16-35(40)44-28-34(30-46-37(42)43-20-15-19-39-17-13-14-18-39)29-45-36(41)27-38-24-31-21-32(25-38)23-33(22-31)26-38/h31-34H,2-30H2,1H3/t31-,32+,33?,34?,38?. The molecule has 0 spiro atoms. The Morgan fingerprint density at radius 1 is 0.652 bits per heavy atom. The molecule has 46 heavy (non-hydrogen) atoms. The average molecular weight is 648 g/mol. The zero-order valence-electron chi connectivity index (χ0n) is 29.1. The summed E-state index contributed by atoms with van der Waals surface area (Å²) in [5, 5.41) is 0. The minimum atomic E-state index is -0.724. The molecule has 0 aromatic carbocycles. The first kappa shape index (κ1) is 37.0. The van der Waals surface area contributed by atoms with Crippen molar-refractivity contribution >= 4 is 18.1 Å². The molecule has 0 aromatic rings. The van der Waals surface area contributed by atoms with Crippen LogP contribution < -0.4 is 0 Å². The van der Waals surface area contributed by atoms with E-state index in [-0.39, 0.29) is 37.2 Å². The fourth-order valence-corrected chi connectivity index (χ4v) is 9.11. The Balaban J connectivity index is 1.12. The van der Waals surface area contributed by atoms with Crippen LogP contribution in [0.25, 0.3) is 0 Å². The van der Waals surface area contributed by atoms with Crippen LogP contribution in [0.2, 0.25) is 0 Å². The number of hydrogen-bond acceptors (Lipinski definition) is 8. The lowest BCUT2D eigenvalue weighted by molar-refractivity contribution is -0.155. The molecule has 1 aliphatic heterocycles. The molecule has 264 valence electrons. The van der Waals surface area contributed by atoms with Gasteiger partial charge in [-0.3, -0.25) is 9.59 Å². The van der Waals surface area contributed by atoms with E-state index < -0.39 is 12.1 Å². The van der Waals surface area contributed by atoms with Gasteiger partial charge >= 0.3 is 18.1 Å². The highest BCUT2D eigenvalue weighted by molar-refractivity contribution is 5.70. The molecule has 0 radical (unpaired) electrons. The van der Waals surface area contributed by atoms with E-state index in [1.165, 1.54) is 83.5 Å². The second-order valence-electron chi connectivity index (χ2n) is 15.4. The summed E-state index contributed by atoms with van der Waals surface area (Å²) in [5.41, 5.74) is 0.109. The number of nitrogens with zero attached hydrogens (tertiary/aromatic N) is 1. The van der Waals surface area contributed by atoms with Crippen LogP contribution in [0.4, 0.5) is 4.79 Å². The topological polar surface area (TPSA) is 91.4 Å². The predicted octanol–water partition coefficient (Wildman–Crippen LogP) is 8.64. The molecule has 5 fully saturated rings. The molecule has 4 bridgehead atoms. The van der Waals surface area contributed by atoms with E-state index in [1.54, 1.807) is 0 Å². The van der Waals surface area contributed by atoms with Gasteiger partial charge in [-0.1, -0.05) is 71.1 Å². The fraction of sp³-hybridized carbons (Fsp3) is 0.921. The van der Waals surface area contributed by atoms with Crippen molar-refractivity contribution in [3.05, 3.63) is 0 Å². The maximum absolute atomic E-state index is 13.1. The minimum absolute atomic E-state index is 0.0126. The summed E-state index contributed by atoms with van der Waals surface area (Å²) in [7, 11) is 0. The molecule has 1 saturated heterocycles. The predicted molar refractivity (Wildman–Crippen MR) is 179 cm³/mol. The molecule has 5 rings (SSSR count). The van der Waals surface area contributed by atoms with Crippen LogP contribution in [0.1, 0.15) is 148 Å². The summed E-state index contributed by atoms with van der Waals surface area (Å²) >= 11 is 0. The maximum atomic E-state index is 13.1. The van der Waals surface area contributed by atoms with Gasteiger partial charge in [0.2, 0.25) is 0 Å². The lowest BCUT2D eigenvalue weighted by Crippen LogP contribution is -2.47. The summed E-state index contributed by atoms with van der Waals surface area (Å²) in [6.45, 7) is 5.83. The number of esters is 2. The van der Waals surface area contributed by atoms with Gasteiger partial charge < -0.3 is 23.8 Å². The van der Waals surface area contributed by atoms with Gasteiger partial charge in [0.25, 0.3) is 0 Å². The summed E-state index contributed by atoms with van der Waals surface area (Å²) < 4.78 is 22.0. The molecule has 4 saturated carbocycles. The first-order chi connectivity index (χ1) is 22.4. The monoisotopic (exact) mass is 647 g/mol. The third kappa shape index (κ3) is 13.7. The lowest BCUT2D eigenvalue weighted by atomic mass is 9.49. The summed E-state index contributed by atoms with van der Waals surface area (Å²) in [6.07, 6.45) is 24.4. The molecule has 0 amide bonds. The maximum Gasteiger partial charge on any atom is 0.508 e. The molecule has 0 aromatic heterocycles. The number of hydrogen-bond donors (Lipinski definition) is 0. The van der Waals surface area contributed by atoms with Crippen molar-refractivity contribution in [1.82, 2.24) is 4.90 Å². The number of likely N-dealkylation sites (tertiary alicyclic amines) is 1. The Hall–Kier alpha value is -1.83. The summed E-state index contributed by atoms with van der Waals surface area (Å²) in [6, 6.07) is 0. The van der Waals surface area contributed by atoms with Gasteiger partial charge in [0.1, 0.15) is 19.8 Å². The molecular weight excluding hydrogens is 582 g/mol. The van der Waals surface area contributed by atoms with Crippen LogP contribution in [0.3, 0.4) is 0 Å². The van der Waals surface area contributed by atoms with Crippen molar-refractivity contribution in [3.63, 3.8) is 0 Å². The van der Waals surface area contributed by atoms with Crippen LogP contribution in [0.15, 0.2) is 0 Å². The van der Waals surface area contributed by atoms with Crippen LogP contribution in [0.5, 0.6) is 0 Å². The summed E-state index contributed by atoms with van der Waals surface area (Å²) in [4.78, 5) is 40.2. The smallest absolute Gasteiger partial charge is 0.465 e.